The van der Waals surface area contributed by atoms with Crippen LogP contribution in [-0.4, -0.2) is 68.7 Å². The van der Waals surface area contributed by atoms with Crippen molar-refractivity contribution in [2.45, 2.75) is 44.4 Å². The van der Waals surface area contributed by atoms with Crippen LogP contribution in [0.4, 0.5) is 5.69 Å². The summed E-state index contributed by atoms with van der Waals surface area (Å²) in [5.41, 5.74) is 1.17. The molecule has 1 aliphatic heterocycles. The number of nitrogens with zero attached hydrogens (tertiary/aromatic N) is 2. The largest absolute Gasteiger partial charge is 0.351 e. The van der Waals surface area contributed by atoms with E-state index in [-0.39, 0.29) is 33.8 Å². The number of amides is 2. The van der Waals surface area contributed by atoms with Gasteiger partial charge in [0.05, 0.1) is 5.02 Å². The maximum Gasteiger partial charge on any atom is 0.255 e. The fourth-order valence-electron chi connectivity index (χ4n) is 4.14. The van der Waals surface area contributed by atoms with Crippen molar-refractivity contribution in [3.05, 3.63) is 58.6 Å². The molecule has 0 saturated carbocycles. The van der Waals surface area contributed by atoms with Crippen molar-refractivity contribution in [3.8, 4) is 0 Å². The Hall–Kier alpha value is -2.17. The van der Waals surface area contributed by atoms with Gasteiger partial charge in [-0.25, -0.2) is 8.42 Å². The Morgan fingerprint density at radius 2 is 1.51 bits per heavy atom. The number of halogens is 2. The molecule has 2 amide bonds. The zero-order valence-electron chi connectivity index (χ0n) is 21.3. The van der Waals surface area contributed by atoms with Crippen LogP contribution in [0, 0.1) is 0 Å². The first-order valence-electron chi connectivity index (χ1n) is 12.5. The third-order valence-corrected chi connectivity index (χ3v) is 8.77. The fraction of sp³-hybridized carbons (Fsp3) is 0.462. The molecule has 37 heavy (non-hydrogen) atoms. The molecule has 0 aromatic heterocycles. The molecule has 0 radical (unpaired) electrons. The molecule has 2 aromatic rings. The Kier molecular flexibility index (Phi) is 12.3. The first kappa shape index (κ1) is 31.1. The van der Waals surface area contributed by atoms with Crippen LogP contribution in [0.2, 0.25) is 5.02 Å². The molecule has 1 aliphatic rings. The number of sulfonamides is 1. The topological polar surface area (TPSA) is 98.8 Å². The van der Waals surface area contributed by atoms with Gasteiger partial charge in [-0.15, -0.1) is 12.4 Å². The van der Waals surface area contributed by atoms with E-state index in [2.05, 4.69) is 29.4 Å². The van der Waals surface area contributed by atoms with Crippen LogP contribution in [0.25, 0.3) is 0 Å². The van der Waals surface area contributed by atoms with E-state index >= 15 is 0 Å². The lowest BCUT2D eigenvalue weighted by molar-refractivity contribution is 0.0948. The van der Waals surface area contributed by atoms with Gasteiger partial charge in [-0.1, -0.05) is 38.3 Å². The molecule has 0 spiro atoms. The number of anilines is 1. The summed E-state index contributed by atoms with van der Waals surface area (Å²) in [6, 6.07) is 10.8. The van der Waals surface area contributed by atoms with Gasteiger partial charge in [0.25, 0.3) is 11.8 Å². The van der Waals surface area contributed by atoms with Crippen molar-refractivity contribution in [3.63, 3.8) is 0 Å². The predicted octanol–water partition coefficient (Wildman–Crippen LogP) is 4.65. The summed E-state index contributed by atoms with van der Waals surface area (Å²) < 4.78 is 27.9. The normalized spacial score (nSPS) is 14.5. The van der Waals surface area contributed by atoms with E-state index in [1.54, 1.807) is 24.3 Å². The highest BCUT2D eigenvalue weighted by Crippen LogP contribution is 2.28. The second-order valence-electron chi connectivity index (χ2n) is 8.78. The Labute approximate surface area is 231 Å². The Bertz CT molecular complexity index is 1150. The van der Waals surface area contributed by atoms with Crippen LogP contribution >= 0.6 is 24.0 Å². The molecule has 2 aromatic carbocycles. The van der Waals surface area contributed by atoms with Crippen molar-refractivity contribution in [1.29, 1.82) is 0 Å². The number of nitrogens with one attached hydrogen (secondary N) is 2. The molecule has 11 heteroatoms. The van der Waals surface area contributed by atoms with Crippen molar-refractivity contribution in [1.82, 2.24) is 14.5 Å². The highest BCUT2D eigenvalue weighted by molar-refractivity contribution is 7.89. The van der Waals surface area contributed by atoms with Gasteiger partial charge in [-0.2, -0.15) is 4.31 Å². The SMILES string of the molecule is CCN(CC)CCNC(=O)c1ccc(NC(=O)c2ccc(Cl)c(S(=O)(=O)N3CCCCCC3)c2)cc1.Cl. The molecule has 1 fully saturated rings. The van der Waals surface area contributed by atoms with Gasteiger partial charge in [-0.05, 0) is 68.4 Å². The first-order valence-corrected chi connectivity index (χ1v) is 14.3. The van der Waals surface area contributed by atoms with Gasteiger partial charge >= 0.3 is 0 Å². The van der Waals surface area contributed by atoms with Gasteiger partial charge in [0.1, 0.15) is 4.90 Å². The molecule has 1 saturated heterocycles. The second-order valence-corrected chi connectivity index (χ2v) is 11.1. The molecule has 3 rings (SSSR count). The summed E-state index contributed by atoms with van der Waals surface area (Å²) >= 11 is 6.24. The molecule has 204 valence electrons. The average molecular weight is 572 g/mol. The van der Waals surface area contributed by atoms with E-state index < -0.39 is 15.9 Å². The van der Waals surface area contributed by atoms with Gasteiger partial charge in [0.15, 0.2) is 0 Å². The second kappa shape index (κ2) is 14.7. The van der Waals surface area contributed by atoms with E-state index in [9.17, 15) is 18.0 Å². The number of hydrogen-bond acceptors (Lipinski definition) is 5. The molecule has 0 bridgehead atoms. The van der Waals surface area contributed by atoms with Gasteiger partial charge in [-0.3, -0.25) is 9.59 Å². The zero-order chi connectivity index (χ0) is 26.1. The highest BCUT2D eigenvalue weighted by atomic mass is 35.5. The smallest absolute Gasteiger partial charge is 0.255 e. The first-order chi connectivity index (χ1) is 17.3. The van der Waals surface area contributed by atoms with Gasteiger partial charge in [0.2, 0.25) is 10.0 Å². The quantitative estimate of drug-likeness (QED) is 0.433. The van der Waals surface area contributed by atoms with E-state index in [1.807, 2.05) is 0 Å². The van der Waals surface area contributed by atoms with Crippen molar-refractivity contribution >= 4 is 51.5 Å². The Morgan fingerprint density at radius 1 is 0.919 bits per heavy atom. The van der Waals surface area contributed by atoms with Crippen molar-refractivity contribution in [2.24, 2.45) is 0 Å². The lowest BCUT2D eigenvalue weighted by Crippen LogP contribution is -2.34. The Balaban J connectivity index is 0.00000481. The van der Waals surface area contributed by atoms with Crippen LogP contribution in [0.5, 0.6) is 0 Å². The minimum absolute atomic E-state index is 0. The number of likely N-dealkylation sites (N-methyl/N-ethyl adjacent to an activating group) is 1. The number of rotatable bonds is 10. The minimum atomic E-state index is -3.80. The highest BCUT2D eigenvalue weighted by Gasteiger charge is 2.28. The van der Waals surface area contributed by atoms with Crippen molar-refractivity contribution < 1.29 is 18.0 Å². The van der Waals surface area contributed by atoms with E-state index in [0.717, 1.165) is 45.3 Å². The molecule has 0 aliphatic carbocycles. The third-order valence-electron chi connectivity index (χ3n) is 6.39. The molecular formula is C26H36Cl2N4O4S. The number of benzene rings is 2. The molecule has 2 N–H and O–H groups in total. The summed E-state index contributed by atoms with van der Waals surface area (Å²) in [7, 11) is -3.80. The molecule has 1 heterocycles. The van der Waals surface area contributed by atoms with Crippen LogP contribution < -0.4 is 10.6 Å². The Morgan fingerprint density at radius 3 is 2.11 bits per heavy atom. The van der Waals surface area contributed by atoms with Gasteiger partial charge in [0, 0.05) is 43.0 Å². The fourth-order valence-corrected chi connectivity index (χ4v) is 6.16. The lowest BCUT2D eigenvalue weighted by atomic mass is 10.1. The average Bonchev–Trinajstić information content (AvgIpc) is 3.17. The predicted molar refractivity (Wildman–Crippen MR) is 150 cm³/mol. The van der Waals surface area contributed by atoms with E-state index in [4.69, 9.17) is 11.6 Å². The van der Waals surface area contributed by atoms with Crippen LogP contribution in [0.15, 0.2) is 47.4 Å². The van der Waals surface area contributed by atoms with Crippen LogP contribution in [-0.2, 0) is 10.0 Å². The number of carbonyl (C=O) groups excluding carboxylic acids is 2. The monoisotopic (exact) mass is 570 g/mol. The maximum atomic E-state index is 13.2. The molecular weight excluding hydrogens is 535 g/mol. The number of carbonyl (C=O) groups is 2. The summed E-state index contributed by atoms with van der Waals surface area (Å²) in [5, 5.41) is 5.75. The van der Waals surface area contributed by atoms with E-state index in [1.165, 1.54) is 22.5 Å². The lowest BCUT2D eigenvalue weighted by Gasteiger charge is -2.21. The summed E-state index contributed by atoms with van der Waals surface area (Å²) in [6.45, 7) is 8.26. The molecule has 0 atom stereocenters. The molecule has 0 unspecified atom stereocenters. The third kappa shape index (κ3) is 8.41. The van der Waals surface area contributed by atoms with Crippen LogP contribution in [0.1, 0.15) is 60.2 Å². The van der Waals surface area contributed by atoms with Gasteiger partial charge < -0.3 is 15.5 Å². The maximum absolute atomic E-state index is 13.2. The molecule has 8 nitrogen and oxygen atoms in total. The van der Waals surface area contributed by atoms with Crippen LogP contribution in [0.3, 0.4) is 0 Å². The standard InChI is InChI=1S/C26H35ClN4O4S.ClH/c1-3-30(4-2)18-15-28-25(32)20-9-12-22(13-10-20)29-26(33)21-11-14-23(27)24(19-21)36(34,35)31-16-7-5-6-8-17-31;/h9-14,19H,3-8,15-18H2,1-2H3,(H,28,32)(H,29,33);1H. The number of hydrogen-bond donors (Lipinski definition) is 2. The summed E-state index contributed by atoms with van der Waals surface area (Å²) in [5.74, 6) is -0.642. The van der Waals surface area contributed by atoms with Crippen molar-refractivity contribution in [2.75, 3.05) is 44.6 Å². The zero-order valence-corrected chi connectivity index (χ0v) is 23.7. The summed E-state index contributed by atoms with van der Waals surface area (Å²) in [6.07, 6.45) is 3.61. The summed E-state index contributed by atoms with van der Waals surface area (Å²) in [4.78, 5) is 27.4. The minimum Gasteiger partial charge on any atom is -0.351 e. The van der Waals surface area contributed by atoms with E-state index in [0.29, 0.717) is 30.9 Å².